The van der Waals surface area contributed by atoms with Gasteiger partial charge in [-0.2, -0.15) is 0 Å². The van der Waals surface area contributed by atoms with Crippen LogP contribution in [-0.4, -0.2) is 9.38 Å². The number of benzene rings is 1. The molecule has 0 radical (unpaired) electrons. The van der Waals surface area contributed by atoms with Crippen molar-refractivity contribution in [1.29, 1.82) is 0 Å². The lowest BCUT2D eigenvalue weighted by atomic mass is 10.3. The van der Waals surface area contributed by atoms with Gasteiger partial charge < -0.3 is 0 Å². The van der Waals surface area contributed by atoms with E-state index in [1.807, 2.05) is 0 Å². The number of hydrogen-bond acceptors (Lipinski definition) is 3. The predicted octanol–water partition coefficient (Wildman–Crippen LogP) is 5.50. The summed E-state index contributed by atoms with van der Waals surface area (Å²) in [4.78, 5) is 4.29. The van der Waals surface area contributed by atoms with E-state index in [4.69, 9.17) is 23.2 Å². The van der Waals surface area contributed by atoms with Crippen molar-refractivity contribution in [3.8, 4) is 0 Å². The molecule has 0 amide bonds. The van der Waals surface area contributed by atoms with Gasteiger partial charge in [-0.1, -0.05) is 29.3 Å². The average Bonchev–Trinajstić information content (AvgIpc) is 2.74. The number of nitrogens with zero attached hydrogens (tertiary/aromatic N) is 4. The number of azo groups is 1. The Kier molecular flexibility index (Phi) is 3.61. The largest absolute Gasteiger partial charge is 0.280 e. The lowest BCUT2D eigenvalue weighted by molar-refractivity contribution is 0.619. The van der Waals surface area contributed by atoms with Crippen molar-refractivity contribution in [2.24, 2.45) is 10.2 Å². The van der Waals surface area contributed by atoms with Crippen molar-refractivity contribution < 1.29 is 4.39 Å². The van der Waals surface area contributed by atoms with E-state index in [1.54, 1.807) is 31.2 Å². The maximum atomic E-state index is 13.4. The van der Waals surface area contributed by atoms with Crippen LogP contribution in [0.3, 0.4) is 0 Å². The van der Waals surface area contributed by atoms with Crippen molar-refractivity contribution in [3.05, 3.63) is 58.1 Å². The number of fused-ring (bicyclic) bond motifs is 1. The molecule has 1 aromatic carbocycles. The predicted molar refractivity (Wildman–Crippen MR) is 80.5 cm³/mol. The van der Waals surface area contributed by atoms with Crippen molar-refractivity contribution in [3.63, 3.8) is 0 Å². The third-order valence-electron chi connectivity index (χ3n) is 2.91. The molecule has 2 aromatic heterocycles. The first kappa shape index (κ1) is 14.0. The molecule has 3 aromatic rings. The van der Waals surface area contributed by atoms with E-state index in [9.17, 15) is 4.39 Å². The normalized spacial score (nSPS) is 11.6. The maximum absolute atomic E-state index is 13.4. The summed E-state index contributed by atoms with van der Waals surface area (Å²) in [7, 11) is 0. The summed E-state index contributed by atoms with van der Waals surface area (Å²) in [6, 6.07) is 7.97. The molecular weight excluding hydrogens is 314 g/mol. The fourth-order valence-corrected chi connectivity index (χ4v) is 2.40. The van der Waals surface area contributed by atoms with Crippen molar-refractivity contribution in [2.75, 3.05) is 0 Å². The lowest BCUT2D eigenvalue weighted by Gasteiger charge is -2.00. The zero-order chi connectivity index (χ0) is 15.0. The average molecular weight is 323 g/mol. The molecular formula is C14H9Cl2FN4. The maximum Gasteiger partial charge on any atom is 0.182 e. The highest BCUT2D eigenvalue weighted by atomic mass is 35.5. The van der Waals surface area contributed by atoms with Crippen LogP contribution in [0.5, 0.6) is 0 Å². The Labute approximate surface area is 129 Å². The number of halogens is 3. The molecule has 0 aliphatic rings. The van der Waals surface area contributed by atoms with Gasteiger partial charge in [-0.05, 0) is 31.2 Å². The van der Waals surface area contributed by atoms with E-state index < -0.39 is 0 Å². The quantitative estimate of drug-likeness (QED) is 0.574. The topological polar surface area (TPSA) is 42.0 Å². The molecule has 0 aliphatic carbocycles. The highest BCUT2D eigenvalue weighted by Crippen LogP contribution is 2.34. The summed E-state index contributed by atoms with van der Waals surface area (Å²) < 4.78 is 14.9. The second-order valence-electron chi connectivity index (χ2n) is 4.37. The van der Waals surface area contributed by atoms with E-state index in [2.05, 4.69) is 15.2 Å². The first-order chi connectivity index (χ1) is 10.1. The molecule has 0 atom stereocenters. The molecule has 0 aliphatic heterocycles. The number of imidazole rings is 1. The number of rotatable bonds is 2. The minimum absolute atomic E-state index is 0.367. The van der Waals surface area contributed by atoms with Gasteiger partial charge in [0.15, 0.2) is 5.82 Å². The number of aryl methyl sites for hydroxylation is 1. The SMILES string of the molecule is Cc1nc2ccc(F)cn2c1N=Nc1c(Cl)cccc1Cl. The summed E-state index contributed by atoms with van der Waals surface area (Å²) in [6.07, 6.45) is 1.30. The van der Waals surface area contributed by atoms with Crippen molar-refractivity contribution in [1.82, 2.24) is 9.38 Å². The molecule has 0 spiro atoms. The van der Waals surface area contributed by atoms with Gasteiger partial charge in [0.05, 0.1) is 15.7 Å². The molecule has 0 saturated carbocycles. The molecule has 2 heterocycles. The zero-order valence-corrected chi connectivity index (χ0v) is 12.4. The molecule has 0 bridgehead atoms. The van der Waals surface area contributed by atoms with Gasteiger partial charge in [0.2, 0.25) is 0 Å². The van der Waals surface area contributed by atoms with Crippen molar-refractivity contribution >= 4 is 40.4 Å². The molecule has 4 nitrogen and oxygen atoms in total. The van der Waals surface area contributed by atoms with Crippen LogP contribution in [0.25, 0.3) is 5.65 Å². The molecule has 21 heavy (non-hydrogen) atoms. The first-order valence-corrected chi connectivity index (χ1v) is 6.82. The third kappa shape index (κ3) is 2.62. The summed E-state index contributed by atoms with van der Waals surface area (Å²) in [6.45, 7) is 1.77. The van der Waals surface area contributed by atoms with Gasteiger partial charge in [0.25, 0.3) is 0 Å². The Morgan fingerprint density at radius 2 is 1.81 bits per heavy atom. The number of aromatic nitrogens is 2. The molecule has 106 valence electrons. The van der Waals surface area contributed by atoms with E-state index in [0.717, 1.165) is 0 Å². The Balaban J connectivity index is 2.11. The molecule has 0 unspecified atom stereocenters. The van der Waals surface area contributed by atoms with Crippen LogP contribution in [0.4, 0.5) is 15.9 Å². The van der Waals surface area contributed by atoms with E-state index >= 15 is 0 Å². The Hall–Kier alpha value is -1.98. The van der Waals surface area contributed by atoms with Crippen LogP contribution in [0.2, 0.25) is 10.0 Å². The van der Waals surface area contributed by atoms with Crippen LogP contribution >= 0.6 is 23.2 Å². The van der Waals surface area contributed by atoms with Crippen LogP contribution in [0, 0.1) is 12.7 Å². The van der Waals surface area contributed by atoms with Gasteiger partial charge in [0.1, 0.15) is 17.2 Å². The zero-order valence-electron chi connectivity index (χ0n) is 10.9. The molecule has 0 N–H and O–H groups in total. The standard InChI is InChI=1S/C14H9Cl2FN4/c1-8-14(21-7-9(17)5-6-12(21)18-8)20-19-13-10(15)3-2-4-11(13)16/h2-7H,1H3. The summed E-state index contributed by atoms with van der Waals surface area (Å²) in [5.41, 5.74) is 1.59. The van der Waals surface area contributed by atoms with Crippen LogP contribution < -0.4 is 0 Å². The second kappa shape index (κ2) is 5.42. The second-order valence-corrected chi connectivity index (χ2v) is 5.18. The fourth-order valence-electron chi connectivity index (χ4n) is 1.93. The van der Waals surface area contributed by atoms with Crippen LogP contribution in [0.1, 0.15) is 5.69 Å². The summed E-state index contributed by atoms with van der Waals surface area (Å²) >= 11 is 12.1. The minimum atomic E-state index is -0.382. The third-order valence-corrected chi connectivity index (χ3v) is 3.52. The Morgan fingerprint density at radius 1 is 1.10 bits per heavy atom. The van der Waals surface area contributed by atoms with E-state index in [1.165, 1.54) is 16.7 Å². The fraction of sp³-hybridized carbons (Fsp3) is 0.0714. The molecule has 7 heteroatoms. The monoisotopic (exact) mass is 322 g/mol. The highest BCUT2D eigenvalue weighted by molar-refractivity contribution is 6.38. The van der Waals surface area contributed by atoms with Crippen LogP contribution in [-0.2, 0) is 0 Å². The van der Waals surface area contributed by atoms with Crippen molar-refractivity contribution in [2.45, 2.75) is 6.92 Å². The lowest BCUT2D eigenvalue weighted by Crippen LogP contribution is -1.85. The van der Waals surface area contributed by atoms with Gasteiger partial charge >= 0.3 is 0 Å². The number of hydrogen-bond donors (Lipinski definition) is 0. The molecule has 0 fully saturated rings. The van der Waals surface area contributed by atoms with E-state index in [-0.39, 0.29) is 5.82 Å². The Bertz CT molecular complexity index is 837. The highest BCUT2D eigenvalue weighted by Gasteiger charge is 2.10. The first-order valence-electron chi connectivity index (χ1n) is 6.06. The summed E-state index contributed by atoms with van der Waals surface area (Å²) in [5.74, 6) is 0.0487. The van der Waals surface area contributed by atoms with Crippen LogP contribution in [0.15, 0.2) is 46.8 Å². The number of pyridine rings is 1. The van der Waals surface area contributed by atoms with E-state index in [0.29, 0.717) is 32.9 Å². The molecule has 0 saturated heterocycles. The Morgan fingerprint density at radius 3 is 2.52 bits per heavy atom. The van der Waals surface area contributed by atoms with Gasteiger partial charge in [-0.25, -0.2) is 9.37 Å². The van der Waals surface area contributed by atoms with Gasteiger partial charge in [0, 0.05) is 6.20 Å². The molecule has 3 rings (SSSR count). The minimum Gasteiger partial charge on any atom is -0.280 e. The summed E-state index contributed by atoms with van der Waals surface area (Å²) in [5, 5.41) is 8.97. The smallest absolute Gasteiger partial charge is 0.182 e. The van der Waals surface area contributed by atoms with Gasteiger partial charge in [-0.3, -0.25) is 4.40 Å². The van der Waals surface area contributed by atoms with Gasteiger partial charge in [-0.15, -0.1) is 10.2 Å².